The monoisotopic (exact) mass is 272 g/mol. The number of rotatable bonds is 1. The first kappa shape index (κ1) is 13.6. The number of amides is 1. The van der Waals surface area contributed by atoms with E-state index in [0.717, 1.165) is 38.3 Å². The summed E-state index contributed by atoms with van der Waals surface area (Å²) in [4.78, 5) is 14.8. The molecule has 1 N–H and O–H groups in total. The van der Waals surface area contributed by atoms with Crippen LogP contribution in [0.4, 0.5) is 0 Å². The third-order valence-corrected chi connectivity index (χ3v) is 4.80. The van der Waals surface area contributed by atoms with Crippen LogP contribution in [0, 0.1) is 5.92 Å². The van der Waals surface area contributed by atoms with Gasteiger partial charge in [0.25, 0.3) is 0 Å². The summed E-state index contributed by atoms with van der Waals surface area (Å²) >= 11 is 0. The van der Waals surface area contributed by atoms with E-state index < -0.39 is 0 Å². The number of fused-ring (bicyclic) bond motifs is 1. The first-order valence-corrected chi connectivity index (χ1v) is 7.76. The van der Waals surface area contributed by atoms with Crippen molar-refractivity contribution in [2.75, 3.05) is 6.54 Å². The van der Waals surface area contributed by atoms with Gasteiger partial charge in [0.2, 0.25) is 5.91 Å². The molecule has 3 atom stereocenters. The standard InChI is InChI=1S/C17H24N2O/c1-12-7-8-19(13(2)9-12)17(20)16-10-14-5-3-4-6-15(14)11-18-16/h3-6,12-13,16,18H,7-11H2,1-2H3/t12?,13?,16-/m0/s1. The number of hydrogen-bond acceptors (Lipinski definition) is 2. The van der Waals surface area contributed by atoms with E-state index in [9.17, 15) is 4.79 Å². The maximum atomic E-state index is 12.7. The summed E-state index contributed by atoms with van der Waals surface area (Å²) in [6.07, 6.45) is 3.10. The van der Waals surface area contributed by atoms with Gasteiger partial charge in [0.15, 0.2) is 0 Å². The number of likely N-dealkylation sites (tertiary alicyclic amines) is 1. The van der Waals surface area contributed by atoms with Crippen LogP contribution in [0.2, 0.25) is 0 Å². The molecule has 0 radical (unpaired) electrons. The van der Waals surface area contributed by atoms with Gasteiger partial charge in [-0.1, -0.05) is 31.2 Å². The topological polar surface area (TPSA) is 32.3 Å². The van der Waals surface area contributed by atoms with Crippen molar-refractivity contribution in [3.63, 3.8) is 0 Å². The zero-order valence-corrected chi connectivity index (χ0v) is 12.4. The van der Waals surface area contributed by atoms with Crippen molar-refractivity contribution in [2.24, 2.45) is 5.92 Å². The van der Waals surface area contributed by atoms with Gasteiger partial charge >= 0.3 is 0 Å². The summed E-state index contributed by atoms with van der Waals surface area (Å²) in [5, 5.41) is 3.41. The van der Waals surface area contributed by atoms with E-state index in [1.54, 1.807) is 0 Å². The van der Waals surface area contributed by atoms with Crippen LogP contribution in [0.1, 0.15) is 37.8 Å². The molecular formula is C17H24N2O. The van der Waals surface area contributed by atoms with Crippen molar-refractivity contribution in [2.45, 2.75) is 51.7 Å². The molecule has 2 unspecified atom stereocenters. The summed E-state index contributed by atoms with van der Waals surface area (Å²) in [6, 6.07) is 8.77. The van der Waals surface area contributed by atoms with Crippen LogP contribution in [-0.2, 0) is 17.8 Å². The maximum Gasteiger partial charge on any atom is 0.240 e. The van der Waals surface area contributed by atoms with Crippen LogP contribution in [0.25, 0.3) is 0 Å². The molecule has 1 aromatic rings. The van der Waals surface area contributed by atoms with Gasteiger partial charge in [-0.3, -0.25) is 4.79 Å². The fraction of sp³-hybridized carbons (Fsp3) is 0.588. The summed E-state index contributed by atoms with van der Waals surface area (Å²) < 4.78 is 0. The van der Waals surface area contributed by atoms with Crippen molar-refractivity contribution < 1.29 is 4.79 Å². The highest BCUT2D eigenvalue weighted by Crippen LogP contribution is 2.24. The number of piperidine rings is 1. The lowest BCUT2D eigenvalue weighted by molar-refractivity contribution is -0.137. The summed E-state index contributed by atoms with van der Waals surface area (Å²) in [5.74, 6) is 1.04. The third-order valence-electron chi connectivity index (χ3n) is 4.80. The molecule has 1 saturated heterocycles. The molecule has 20 heavy (non-hydrogen) atoms. The summed E-state index contributed by atoms with van der Waals surface area (Å²) in [5.41, 5.74) is 2.65. The molecule has 1 aromatic carbocycles. The number of nitrogens with one attached hydrogen (secondary N) is 1. The fourth-order valence-electron chi connectivity index (χ4n) is 3.56. The van der Waals surface area contributed by atoms with E-state index in [0.29, 0.717) is 11.9 Å². The van der Waals surface area contributed by atoms with E-state index in [1.807, 2.05) is 0 Å². The predicted molar refractivity (Wildman–Crippen MR) is 80.3 cm³/mol. The number of nitrogens with zero attached hydrogens (tertiary/aromatic N) is 1. The first-order valence-electron chi connectivity index (χ1n) is 7.76. The number of carbonyl (C=O) groups excluding carboxylic acids is 1. The smallest absolute Gasteiger partial charge is 0.240 e. The highest BCUT2D eigenvalue weighted by molar-refractivity contribution is 5.83. The van der Waals surface area contributed by atoms with E-state index >= 15 is 0 Å². The third kappa shape index (κ3) is 2.59. The highest BCUT2D eigenvalue weighted by Gasteiger charge is 2.32. The molecule has 0 bridgehead atoms. The van der Waals surface area contributed by atoms with E-state index in [-0.39, 0.29) is 6.04 Å². The van der Waals surface area contributed by atoms with Crippen molar-refractivity contribution in [1.82, 2.24) is 10.2 Å². The molecule has 108 valence electrons. The quantitative estimate of drug-likeness (QED) is 0.851. The van der Waals surface area contributed by atoms with Crippen LogP contribution in [0.5, 0.6) is 0 Å². The zero-order valence-electron chi connectivity index (χ0n) is 12.4. The van der Waals surface area contributed by atoms with E-state index in [4.69, 9.17) is 0 Å². The van der Waals surface area contributed by atoms with Crippen molar-refractivity contribution in [3.05, 3.63) is 35.4 Å². The Labute approximate surface area is 121 Å². The molecule has 0 saturated carbocycles. The van der Waals surface area contributed by atoms with Crippen LogP contribution < -0.4 is 5.32 Å². The molecule has 0 spiro atoms. The van der Waals surface area contributed by atoms with Gasteiger partial charge in [0, 0.05) is 19.1 Å². The van der Waals surface area contributed by atoms with Gasteiger partial charge in [0.1, 0.15) is 0 Å². The van der Waals surface area contributed by atoms with Gasteiger partial charge in [-0.15, -0.1) is 0 Å². The lowest BCUT2D eigenvalue weighted by atomic mass is 9.91. The van der Waals surface area contributed by atoms with E-state index in [2.05, 4.69) is 48.3 Å². The first-order chi connectivity index (χ1) is 9.65. The summed E-state index contributed by atoms with van der Waals surface area (Å²) in [7, 11) is 0. The molecule has 1 fully saturated rings. The largest absolute Gasteiger partial charge is 0.339 e. The molecule has 1 amide bonds. The molecule has 2 aliphatic heterocycles. The number of hydrogen-bond donors (Lipinski definition) is 1. The van der Waals surface area contributed by atoms with Gasteiger partial charge in [-0.2, -0.15) is 0 Å². The second kappa shape index (κ2) is 5.57. The van der Waals surface area contributed by atoms with Gasteiger partial charge < -0.3 is 10.2 Å². The predicted octanol–water partition coefficient (Wildman–Crippen LogP) is 2.35. The number of benzene rings is 1. The zero-order chi connectivity index (χ0) is 14.1. The molecular weight excluding hydrogens is 248 g/mol. The summed E-state index contributed by atoms with van der Waals surface area (Å²) in [6.45, 7) is 6.20. The molecule has 2 aliphatic rings. The molecule has 0 aliphatic carbocycles. The van der Waals surface area contributed by atoms with Crippen molar-refractivity contribution in [3.8, 4) is 0 Å². The van der Waals surface area contributed by atoms with E-state index in [1.165, 1.54) is 11.1 Å². The molecule has 2 heterocycles. The van der Waals surface area contributed by atoms with Gasteiger partial charge in [-0.25, -0.2) is 0 Å². The Kier molecular flexibility index (Phi) is 3.79. The Hall–Kier alpha value is -1.35. The fourth-order valence-corrected chi connectivity index (χ4v) is 3.56. The maximum absolute atomic E-state index is 12.7. The van der Waals surface area contributed by atoms with Crippen LogP contribution in [0.3, 0.4) is 0 Å². The van der Waals surface area contributed by atoms with Crippen molar-refractivity contribution in [1.29, 1.82) is 0 Å². The SMILES string of the molecule is CC1CCN(C(=O)[C@@H]2Cc3ccccc3CN2)C(C)C1. The Morgan fingerprint density at radius 3 is 2.75 bits per heavy atom. The van der Waals surface area contributed by atoms with Crippen LogP contribution >= 0.6 is 0 Å². The average Bonchev–Trinajstić information content (AvgIpc) is 2.46. The lowest BCUT2D eigenvalue weighted by Crippen LogP contribution is -2.54. The van der Waals surface area contributed by atoms with Gasteiger partial charge in [-0.05, 0) is 43.2 Å². The normalized spacial score (nSPS) is 29.9. The Bertz CT molecular complexity index is 500. The Morgan fingerprint density at radius 2 is 2.00 bits per heavy atom. The second-order valence-corrected chi connectivity index (χ2v) is 6.42. The molecule has 3 nitrogen and oxygen atoms in total. The highest BCUT2D eigenvalue weighted by atomic mass is 16.2. The molecule has 3 heteroatoms. The van der Waals surface area contributed by atoms with Crippen LogP contribution in [-0.4, -0.2) is 29.4 Å². The number of carbonyl (C=O) groups is 1. The molecule has 3 rings (SSSR count). The van der Waals surface area contributed by atoms with Gasteiger partial charge in [0.05, 0.1) is 6.04 Å². The van der Waals surface area contributed by atoms with Crippen molar-refractivity contribution >= 4 is 5.91 Å². The van der Waals surface area contributed by atoms with Crippen LogP contribution in [0.15, 0.2) is 24.3 Å². The average molecular weight is 272 g/mol. The Morgan fingerprint density at radius 1 is 1.25 bits per heavy atom. The minimum Gasteiger partial charge on any atom is -0.339 e. The minimum absolute atomic E-state index is 0.0410. The molecule has 0 aromatic heterocycles. The lowest BCUT2D eigenvalue weighted by Gasteiger charge is -2.39. The Balaban J connectivity index is 1.70. The minimum atomic E-state index is -0.0410. The second-order valence-electron chi connectivity index (χ2n) is 6.42.